The minimum atomic E-state index is -3.63. The Hall–Kier alpha value is -2.08. The molecule has 0 N–H and O–H groups in total. The lowest BCUT2D eigenvalue weighted by atomic mass is 9.96. The third kappa shape index (κ3) is 5.03. The van der Waals surface area contributed by atoms with Crippen LogP contribution in [-0.2, 0) is 21.4 Å². The second kappa shape index (κ2) is 10.4. The lowest BCUT2D eigenvalue weighted by molar-refractivity contribution is -0.123. The summed E-state index contributed by atoms with van der Waals surface area (Å²) in [5.74, 6) is -0.411. The van der Waals surface area contributed by atoms with E-state index in [1.807, 2.05) is 31.2 Å². The molecule has 0 unspecified atom stereocenters. The molecule has 0 atom stereocenters. The van der Waals surface area contributed by atoms with E-state index in [0.29, 0.717) is 33.9 Å². The molecule has 3 aromatic heterocycles. The van der Waals surface area contributed by atoms with Crippen LogP contribution in [0.2, 0.25) is 9.36 Å². The van der Waals surface area contributed by atoms with E-state index >= 15 is 0 Å². The maximum atomic E-state index is 13.8. The molecule has 7 nitrogen and oxygen atoms in total. The number of nitrogens with zero attached hydrogens (tertiary/aromatic N) is 4. The molecular formula is C24H22Cl2N4O3S3. The molecule has 1 amide bonds. The number of benzene rings is 1. The van der Waals surface area contributed by atoms with Crippen molar-refractivity contribution >= 4 is 77.2 Å². The molecule has 36 heavy (non-hydrogen) atoms. The number of pyridine rings is 1. The Bertz CT molecular complexity index is 1480. The van der Waals surface area contributed by atoms with E-state index in [2.05, 4.69) is 4.98 Å². The molecule has 1 fully saturated rings. The number of rotatable bonds is 6. The molecule has 1 aromatic carbocycles. The first-order chi connectivity index (χ1) is 17.2. The minimum absolute atomic E-state index is 0.0806. The van der Waals surface area contributed by atoms with Crippen LogP contribution in [0.1, 0.15) is 24.0 Å². The Morgan fingerprint density at radius 3 is 2.56 bits per heavy atom. The number of piperidine rings is 1. The third-order valence-corrected chi connectivity index (χ3v) is 11.3. The highest BCUT2D eigenvalue weighted by atomic mass is 35.5. The van der Waals surface area contributed by atoms with Crippen molar-refractivity contribution in [2.75, 3.05) is 18.0 Å². The fourth-order valence-electron chi connectivity index (χ4n) is 4.25. The van der Waals surface area contributed by atoms with Crippen LogP contribution in [-0.4, -0.2) is 41.7 Å². The average Bonchev–Trinajstić information content (AvgIpc) is 3.53. The molecule has 0 saturated carbocycles. The molecule has 0 radical (unpaired) electrons. The first-order valence-corrected chi connectivity index (χ1v) is 15.1. The molecule has 4 aromatic rings. The van der Waals surface area contributed by atoms with Crippen molar-refractivity contribution in [3.8, 4) is 0 Å². The van der Waals surface area contributed by atoms with Gasteiger partial charge in [-0.15, -0.1) is 11.3 Å². The molecule has 1 aliphatic heterocycles. The zero-order valence-corrected chi connectivity index (χ0v) is 23.2. The highest BCUT2D eigenvalue weighted by Gasteiger charge is 2.35. The number of thiophene rings is 1. The van der Waals surface area contributed by atoms with Crippen LogP contribution >= 0.6 is 45.9 Å². The number of sulfonamides is 1. The first kappa shape index (κ1) is 25.6. The van der Waals surface area contributed by atoms with Gasteiger partial charge < -0.3 is 0 Å². The van der Waals surface area contributed by atoms with Gasteiger partial charge in [0, 0.05) is 31.4 Å². The highest BCUT2D eigenvalue weighted by Crippen LogP contribution is 2.38. The van der Waals surface area contributed by atoms with E-state index in [9.17, 15) is 13.2 Å². The number of aromatic nitrogens is 2. The van der Waals surface area contributed by atoms with E-state index in [1.54, 1.807) is 23.4 Å². The SMILES string of the molecule is Cc1ccc(Cl)c2sc(N(Cc3cccnc3)C(=O)C3CCN(S(=O)(=O)c4ccc(Cl)s4)CC3)nc12. The summed E-state index contributed by atoms with van der Waals surface area (Å²) in [4.78, 5) is 24.5. The predicted molar refractivity (Wildman–Crippen MR) is 146 cm³/mol. The summed E-state index contributed by atoms with van der Waals surface area (Å²) in [6.45, 7) is 2.81. The lowest BCUT2D eigenvalue weighted by Crippen LogP contribution is -2.44. The summed E-state index contributed by atoms with van der Waals surface area (Å²) in [6, 6.07) is 10.6. The van der Waals surface area contributed by atoms with E-state index in [1.165, 1.54) is 21.7 Å². The maximum absolute atomic E-state index is 13.8. The Kier molecular flexibility index (Phi) is 7.35. The van der Waals surface area contributed by atoms with Gasteiger partial charge in [0.25, 0.3) is 10.0 Å². The van der Waals surface area contributed by atoms with Gasteiger partial charge in [-0.3, -0.25) is 14.7 Å². The largest absolute Gasteiger partial charge is 0.283 e. The summed E-state index contributed by atoms with van der Waals surface area (Å²) >= 11 is 14.8. The molecular weight excluding hydrogens is 559 g/mol. The molecule has 0 aliphatic carbocycles. The van der Waals surface area contributed by atoms with Gasteiger partial charge in [0.2, 0.25) is 5.91 Å². The summed E-state index contributed by atoms with van der Waals surface area (Å²) < 4.78 is 28.9. The fraction of sp³-hybridized carbons (Fsp3) is 0.292. The van der Waals surface area contributed by atoms with Crippen LogP contribution in [0.3, 0.4) is 0 Å². The van der Waals surface area contributed by atoms with E-state index < -0.39 is 10.0 Å². The fourth-order valence-corrected chi connectivity index (χ4v) is 8.68. The van der Waals surface area contributed by atoms with Crippen molar-refractivity contribution in [3.63, 3.8) is 0 Å². The molecule has 5 rings (SSSR count). The van der Waals surface area contributed by atoms with Crippen LogP contribution < -0.4 is 4.90 Å². The lowest BCUT2D eigenvalue weighted by Gasteiger charge is -2.32. The molecule has 0 bridgehead atoms. The van der Waals surface area contributed by atoms with Gasteiger partial charge in [-0.25, -0.2) is 13.4 Å². The van der Waals surface area contributed by atoms with Crippen LogP contribution in [0.4, 0.5) is 5.13 Å². The Morgan fingerprint density at radius 1 is 1.14 bits per heavy atom. The Balaban J connectivity index is 1.40. The van der Waals surface area contributed by atoms with Crippen LogP contribution in [0, 0.1) is 12.8 Å². The van der Waals surface area contributed by atoms with Crippen LogP contribution in [0.5, 0.6) is 0 Å². The van der Waals surface area contributed by atoms with Crippen molar-refractivity contribution in [1.82, 2.24) is 14.3 Å². The van der Waals surface area contributed by atoms with Gasteiger partial charge in [0.15, 0.2) is 5.13 Å². The maximum Gasteiger partial charge on any atom is 0.252 e. The van der Waals surface area contributed by atoms with Crippen molar-refractivity contribution in [3.05, 3.63) is 69.3 Å². The smallest absolute Gasteiger partial charge is 0.252 e. The zero-order chi connectivity index (χ0) is 25.4. The number of anilines is 1. The first-order valence-electron chi connectivity index (χ1n) is 11.3. The normalized spacial score (nSPS) is 15.4. The van der Waals surface area contributed by atoms with Gasteiger partial charge in [0.1, 0.15) is 4.21 Å². The van der Waals surface area contributed by atoms with Crippen molar-refractivity contribution in [1.29, 1.82) is 0 Å². The molecule has 188 valence electrons. The van der Waals surface area contributed by atoms with Crippen molar-refractivity contribution < 1.29 is 13.2 Å². The number of fused-ring (bicyclic) bond motifs is 1. The third-order valence-electron chi connectivity index (χ3n) is 6.19. The minimum Gasteiger partial charge on any atom is -0.283 e. The number of hydrogen-bond donors (Lipinski definition) is 0. The number of thiazole rings is 1. The Labute approximate surface area is 227 Å². The Morgan fingerprint density at radius 2 is 1.92 bits per heavy atom. The molecule has 1 saturated heterocycles. The summed E-state index contributed by atoms with van der Waals surface area (Å²) in [5, 5.41) is 1.17. The van der Waals surface area contributed by atoms with Crippen molar-refractivity contribution in [2.45, 2.75) is 30.5 Å². The number of halogens is 2. The molecule has 4 heterocycles. The zero-order valence-electron chi connectivity index (χ0n) is 19.2. The molecule has 12 heteroatoms. The van der Waals surface area contributed by atoms with Gasteiger partial charge in [-0.1, -0.05) is 46.7 Å². The second-order valence-corrected chi connectivity index (χ2v) is 13.8. The summed E-state index contributed by atoms with van der Waals surface area (Å²) in [5.41, 5.74) is 2.64. The number of amides is 1. The number of carbonyl (C=O) groups excluding carboxylic acids is 1. The second-order valence-electron chi connectivity index (χ2n) is 8.56. The van der Waals surface area contributed by atoms with E-state index in [-0.39, 0.29) is 29.1 Å². The number of carbonyl (C=O) groups is 1. The predicted octanol–water partition coefficient (Wildman–Crippen LogP) is 6.00. The number of aryl methyl sites for hydroxylation is 1. The highest BCUT2D eigenvalue weighted by molar-refractivity contribution is 7.91. The van der Waals surface area contributed by atoms with Gasteiger partial charge in [0.05, 0.1) is 26.1 Å². The summed E-state index contributed by atoms with van der Waals surface area (Å²) in [7, 11) is -3.63. The van der Waals surface area contributed by atoms with Crippen LogP contribution in [0.25, 0.3) is 10.2 Å². The number of hydrogen-bond acceptors (Lipinski definition) is 7. The van der Waals surface area contributed by atoms with Crippen LogP contribution in [0.15, 0.2) is 53.0 Å². The van der Waals surface area contributed by atoms with E-state index in [0.717, 1.165) is 32.7 Å². The molecule has 1 aliphatic rings. The standard InChI is InChI=1S/C24H22Cl2N4O3S3/c1-15-4-5-18(25)22-21(15)28-24(35-22)30(14-16-3-2-10-27-13-16)23(31)17-8-11-29(12-9-17)36(32,33)20-7-6-19(26)34-20/h2-7,10,13,17H,8-9,11-12,14H2,1H3. The van der Waals surface area contributed by atoms with Gasteiger partial charge in [-0.05, 0) is 55.2 Å². The van der Waals surface area contributed by atoms with Gasteiger partial charge in [-0.2, -0.15) is 4.31 Å². The summed E-state index contributed by atoms with van der Waals surface area (Å²) in [6.07, 6.45) is 4.26. The monoisotopic (exact) mass is 580 g/mol. The van der Waals surface area contributed by atoms with Crippen molar-refractivity contribution in [2.24, 2.45) is 5.92 Å². The average molecular weight is 582 g/mol. The topological polar surface area (TPSA) is 83.5 Å². The van der Waals surface area contributed by atoms with E-state index in [4.69, 9.17) is 28.2 Å². The quantitative estimate of drug-likeness (QED) is 0.279. The molecule has 0 spiro atoms. The van der Waals surface area contributed by atoms with Gasteiger partial charge >= 0.3 is 0 Å².